The number of carbonyl (C=O) groups excluding carboxylic acids is 2. The Hall–Kier alpha value is -2.19. The quantitative estimate of drug-likeness (QED) is 0.670. The van der Waals surface area contributed by atoms with Gasteiger partial charge in [-0.25, -0.2) is 4.79 Å². The number of halogens is 1. The zero-order valence-corrected chi connectivity index (χ0v) is 13.8. The lowest BCUT2D eigenvalue weighted by molar-refractivity contribution is -0.133. The molecule has 0 radical (unpaired) electrons. The lowest BCUT2D eigenvalue weighted by atomic mass is 10.2. The van der Waals surface area contributed by atoms with Gasteiger partial charge in [0.2, 0.25) is 11.0 Å². The lowest BCUT2D eigenvalue weighted by Gasteiger charge is -2.29. The molecule has 1 aromatic heterocycles. The molecule has 2 aromatic rings. The number of benzene rings is 1. The van der Waals surface area contributed by atoms with E-state index < -0.39 is 5.97 Å². The third-order valence-electron chi connectivity index (χ3n) is 3.16. The van der Waals surface area contributed by atoms with Crippen LogP contribution in [0.3, 0.4) is 0 Å². The van der Waals surface area contributed by atoms with Crippen molar-refractivity contribution in [2.75, 3.05) is 23.3 Å². The Kier molecular flexibility index (Phi) is 4.44. The van der Waals surface area contributed by atoms with E-state index in [0.29, 0.717) is 21.6 Å². The average molecular weight is 353 g/mol. The Morgan fingerprint density at radius 3 is 3.04 bits per heavy atom. The minimum atomic E-state index is -0.420. The van der Waals surface area contributed by atoms with Crippen LogP contribution < -0.4 is 15.0 Å². The summed E-state index contributed by atoms with van der Waals surface area (Å²) in [5, 5.41) is 12.3. The zero-order chi connectivity index (χ0) is 16.4. The van der Waals surface area contributed by atoms with E-state index in [4.69, 9.17) is 16.3 Å². The molecule has 7 nitrogen and oxygen atoms in total. The molecule has 23 heavy (non-hydrogen) atoms. The number of amides is 1. The molecule has 0 atom stereocenters. The van der Waals surface area contributed by atoms with Crippen molar-refractivity contribution in [3.8, 4) is 5.75 Å². The number of nitrogens with one attached hydrogen (secondary N) is 1. The summed E-state index contributed by atoms with van der Waals surface area (Å²) in [7, 11) is 0. The van der Waals surface area contributed by atoms with Crippen molar-refractivity contribution in [2.24, 2.45) is 0 Å². The molecular formula is C14H13ClN4O3S. The largest absolute Gasteiger partial charge is 0.423 e. The third-order valence-corrected chi connectivity index (χ3v) is 4.37. The van der Waals surface area contributed by atoms with Crippen LogP contribution in [0.25, 0.3) is 0 Å². The van der Waals surface area contributed by atoms with Gasteiger partial charge in [-0.3, -0.25) is 10.1 Å². The fourth-order valence-electron chi connectivity index (χ4n) is 2.14. The number of rotatable bonds is 4. The minimum absolute atomic E-state index is 0.0104. The molecule has 1 N–H and O–H groups in total. The van der Waals surface area contributed by atoms with Gasteiger partial charge in [0.25, 0.3) is 0 Å². The van der Waals surface area contributed by atoms with Crippen LogP contribution in [0.2, 0.25) is 5.02 Å². The molecule has 1 aliphatic heterocycles. The molecule has 2 heterocycles. The fourth-order valence-corrected chi connectivity index (χ4v) is 3.00. The molecule has 1 aliphatic rings. The molecule has 0 aliphatic carbocycles. The maximum atomic E-state index is 12.2. The lowest BCUT2D eigenvalue weighted by Crippen LogP contribution is -2.41. The van der Waals surface area contributed by atoms with Gasteiger partial charge >= 0.3 is 5.97 Å². The van der Waals surface area contributed by atoms with E-state index in [0.717, 1.165) is 11.4 Å². The summed E-state index contributed by atoms with van der Waals surface area (Å²) in [5.74, 6) is -0.316. The first-order chi connectivity index (χ1) is 11.0. The van der Waals surface area contributed by atoms with Crippen molar-refractivity contribution < 1.29 is 14.3 Å². The number of carbonyl (C=O) groups is 2. The van der Waals surface area contributed by atoms with Gasteiger partial charge in [-0.15, -0.1) is 10.2 Å². The van der Waals surface area contributed by atoms with Gasteiger partial charge in [-0.1, -0.05) is 29.9 Å². The molecule has 120 valence electrons. The van der Waals surface area contributed by atoms with Gasteiger partial charge in [0.15, 0.2) is 5.75 Å². The van der Waals surface area contributed by atoms with E-state index >= 15 is 0 Å². The van der Waals surface area contributed by atoms with Crippen molar-refractivity contribution in [2.45, 2.75) is 13.3 Å². The van der Waals surface area contributed by atoms with Gasteiger partial charge < -0.3 is 9.64 Å². The van der Waals surface area contributed by atoms with Crippen LogP contribution in [0.4, 0.5) is 10.8 Å². The fraction of sp³-hybridized carbons (Fsp3) is 0.286. The van der Waals surface area contributed by atoms with E-state index in [2.05, 4.69) is 15.5 Å². The van der Waals surface area contributed by atoms with Crippen LogP contribution in [0.5, 0.6) is 5.75 Å². The number of fused-ring (bicyclic) bond motifs is 1. The standard InChI is InChI=1S/C14H13ClN4O3S/c1-2-12-17-18-14(23-12)16-11(20)6-19-7-13(21)22-10-4-3-8(15)5-9(10)19/h3-5H,2,6-7H2,1H3,(H,16,18,20). The number of anilines is 2. The maximum Gasteiger partial charge on any atom is 0.331 e. The number of hydrogen-bond donors (Lipinski definition) is 1. The summed E-state index contributed by atoms with van der Waals surface area (Å²) in [6.07, 6.45) is 0.761. The monoisotopic (exact) mass is 352 g/mol. The van der Waals surface area contributed by atoms with Crippen molar-refractivity contribution in [1.29, 1.82) is 0 Å². The van der Waals surface area contributed by atoms with E-state index in [1.807, 2.05) is 6.92 Å². The Morgan fingerprint density at radius 2 is 2.30 bits per heavy atom. The topological polar surface area (TPSA) is 84.4 Å². The Labute approximate surface area is 141 Å². The van der Waals surface area contributed by atoms with E-state index in [1.165, 1.54) is 11.3 Å². The highest BCUT2D eigenvalue weighted by atomic mass is 35.5. The normalized spacial score (nSPS) is 13.5. The number of hydrogen-bond acceptors (Lipinski definition) is 7. The molecule has 1 aromatic carbocycles. The third kappa shape index (κ3) is 3.59. The van der Waals surface area contributed by atoms with Gasteiger partial charge in [0.1, 0.15) is 11.6 Å². The molecule has 0 unspecified atom stereocenters. The van der Waals surface area contributed by atoms with Crippen LogP contribution in [0.15, 0.2) is 18.2 Å². The molecule has 9 heteroatoms. The van der Waals surface area contributed by atoms with Crippen molar-refractivity contribution in [1.82, 2.24) is 10.2 Å². The van der Waals surface area contributed by atoms with Gasteiger partial charge in [0.05, 0.1) is 12.2 Å². The number of nitrogens with zero attached hydrogens (tertiary/aromatic N) is 3. The highest BCUT2D eigenvalue weighted by molar-refractivity contribution is 7.15. The molecular weight excluding hydrogens is 340 g/mol. The summed E-state index contributed by atoms with van der Waals surface area (Å²) in [4.78, 5) is 25.5. The van der Waals surface area contributed by atoms with E-state index in [-0.39, 0.29) is 19.0 Å². The minimum Gasteiger partial charge on any atom is -0.423 e. The first-order valence-corrected chi connectivity index (χ1v) is 8.12. The van der Waals surface area contributed by atoms with Crippen molar-refractivity contribution in [3.05, 3.63) is 28.2 Å². The number of aryl methyl sites for hydroxylation is 1. The van der Waals surface area contributed by atoms with Crippen LogP contribution in [-0.4, -0.2) is 35.2 Å². The van der Waals surface area contributed by atoms with Gasteiger partial charge in [-0.05, 0) is 24.6 Å². The Morgan fingerprint density at radius 1 is 1.48 bits per heavy atom. The molecule has 0 saturated heterocycles. The van der Waals surface area contributed by atoms with Crippen molar-refractivity contribution in [3.63, 3.8) is 0 Å². The number of ether oxygens (including phenoxy) is 1. The summed E-state index contributed by atoms with van der Waals surface area (Å²) in [5.41, 5.74) is 0.610. The first-order valence-electron chi connectivity index (χ1n) is 6.92. The Balaban J connectivity index is 1.73. The van der Waals surface area contributed by atoms with E-state index in [1.54, 1.807) is 23.1 Å². The van der Waals surface area contributed by atoms with E-state index in [9.17, 15) is 9.59 Å². The van der Waals surface area contributed by atoms with Crippen LogP contribution in [0.1, 0.15) is 11.9 Å². The summed E-state index contributed by atoms with van der Waals surface area (Å²) in [6, 6.07) is 4.90. The van der Waals surface area contributed by atoms with Gasteiger partial charge in [0, 0.05) is 5.02 Å². The number of esters is 1. The molecule has 1 amide bonds. The second-order valence-corrected chi connectivity index (χ2v) is 6.34. The second-order valence-electron chi connectivity index (χ2n) is 4.84. The van der Waals surface area contributed by atoms with Crippen LogP contribution >= 0.6 is 22.9 Å². The smallest absolute Gasteiger partial charge is 0.331 e. The molecule has 0 bridgehead atoms. The highest BCUT2D eigenvalue weighted by Crippen LogP contribution is 2.34. The SMILES string of the molecule is CCc1nnc(NC(=O)CN2CC(=O)Oc3ccc(Cl)cc32)s1. The number of aromatic nitrogens is 2. The highest BCUT2D eigenvalue weighted by Gasteiger charge is 2.26. The Bertz CT molecular complexity index is 764. The van der Waals surface area contributed by atoms with Gasteiger partial charge in [-0.2, -0.15) is 0 Å². The molecule has 0 spiro atoms. The zero-order valence-electron chi connectivity index (χ0n) is 12.2. The summed E-state index contributed by atoms with van der Waals surface area (Å²) < 4.78 is 5.14. The summed E-state index contributed by atoms with van der Waals surface area (Å²) >= 11 is 7.31. The predicted octanol–water partition coefficient (Wildman–Crippen LogP) is 2.12. The second kappa shape index (κ2) is 6.51. The predicted molar refractivity (Wildman–Crippen MR) is 87.2 cm³/mol. The average Bonchev–Trinajstić information content (AvgIpc) is 2.95. The summed E-state index contributed by atoms with van der Waals surface area (Å²) in [6.45, 7) is 1.94. The van der Waals surface area contributed by atoms with Crippen LogP contribution in [-0.2, 0) is 16.0 Å². The molecule has 0 fully saturated rings. The molecule has 0 saturated carbocycles. The van der Waals surface area contributed by atoms with Crippen LogP contribution in [0, 0.1) is 0 Å². The maximum absolute atomic E-state index is 12.2. The van der Waals surface area contributed by atoms with Crippen molar-refractivity contribution >= 4 is 45.6 Å². The molecule has 3 rings (SSSR count). The first kappa shape index (κ1) is 15.7.